The van der Waals surface area contributed by atoms with E-state index in [2.05, 4.69) is 25.5 Å². The monoisotopic (exact) mass is 391 g/mol. The summed E-state index contributed by atoms with van der Waals surface area (Å²) in [7, 11) is 0. The van der Waals surface area contributed by atoms with E-state index in [1.807, 2.05) is 6.92 Å². The molecule has 1 unspecified atom stereocenters. The minimum Gasteiger partial charge on any atom is -0.368 e. The third kappa shape index (κ3) is 4.06. The van der Waals surface area contributed by atoms with Gasteiger partial charge in [-0.25, -0.2) is 9.18 Å². The van der Waals surface area contributed by atoms with Gasteiger partial charge in [0.15, 0.2) is 0 Å². The van der Waals surface area contributed by atoms with Crippen LogP contribution < -0.4 is 16.6 Å². The van der Waals surface area contributed by atoms with Crippen molar-refractivity contribution < 1.29 is 4.39 Å². The first-order chi connectivity index (χ1) is 14.0. The van der Waals surface area contributed by atoms with E-state index in [1.165, 1.54) is 12.1 Å². The number of aromatic amines is 2. The molecule has 146 valence electrons. The Bertz CT molecular complexity index is 1260. The lowest BCUT2D eigenvalue weighted by atomic mass is 10.0. The zero-order valence-electron chi connectivity index (χ0n) is 15.6. The number of rotatable bonds is 5. The van der Waals surface area contributed by atoms with Gasteiger partial charge < -0.3 is 10.3 Å². The molecule has 0 fully saturated rings. The van der Waals surface area contributed by atoms with E-state index < -0.39 is 11.2 Å². The van der Waals surface area contributed by atoms with E-state index in [9.17, 15) is 14.0 Å². The summed E-state index contributed by atoms with van der Waals surface area (Å²) in [6, 6.07) is 15.1. The summed E-state index contributed by atoms with van der Waals surface area (Å²) < 4.78 is 13.0. The molecule has 1 atom stereocenters. The fourth-order valence-electron chi connectivity index (χ4n) is 3.07. The van der Waals surface area contributed by atoms with Gasteiger partial charge in [0.1, 0.15) is 11.6 Å². The van der Waals surface area contributed by atoms with Crippen molar-refractivity contribution in [1.82, 2.24) is 20.2 Å². The van der Waals surface area contributed by atoms with Gasteiger partial charge >= 0.3 is 5.69 Å². The van der Waals surface area contributed by atoms with Gasteiger partial charge in [-0.15, -0.1) is 10.2 Å². The Morgan fingerprint density at radius 2 is 1.79 bits per heavy atom. The van der Waals surface area contributed by atoms with Gasteiger partial charge in [0.05, 0.1) is 16.6 Å². The van der Waals surface area contributed by atoms with Crippen LogP contribution in [0.3, 0.4) is 0 Å². The minimum absolute atomic E-state index is 0.173. The van der Waals surface area contributed by atoms with Crippen LogP contribution in [0.4, 0.5) is 10.2 Å². The fraction of sp³-hybridized carbons (Fsp3) is 0.143. The van der Waals surface area contributed by atoms with Gasteiger partial charge in [-0.3, -0.25) is 9.78 Å². The first-order valence-corrected chi connectivity index (χ1v) is 9.09. The van der Waals surface area contributed by atoms with Crippen molar-refractivity contribution in [2.75, 3.05) is 11.9 Å². The molecule has 0 aliphatic heterocycles. The second-order valence-electron chi connectivity index (χ2n) is 6.81. The Morgan fingerprint density at radius 3 is 2.52 bits per heavy atom. The summed E-state index contributed by atoms with van der Waals surface area (Å²) in [6.45, 7) is 2.66. The summed E-state index contributed by atoms with van der Waals surface area (Å²) in [5.74, 6) is 0.537. The van der Waals surface area contributed by atoms with Crippen LogP contribution in [0.2, 0.25) is 0 Å². The lowest BCUT2D eigenvalue weighted by Crippen LogP contribution is -2.21. The molecule has 0 radical (unpaired) electrons. The summed E-state index contributed by atoms with van der Waals surface area (Å²) in [6.07, 6.45) is 0. The molecule has 4 rings (SSSR count). The fourth-order valence-corrected chi connectivity index (χ4v) is 3.07. The molecule has 2 aromatic carbocycles. The van der Waals surface area contributed by atoms with Crippen LogP contribution in [0.15, 0.2) is 64.2 Å². The molecule has 29 heavy (non-hydrogen) atoms. The highest BCUT2D eigenvalue weighted by Crippen LogP contribution is 2.21. The lowest BCUT2D eigenvalue weighted by Gasteiger charge is -2.13. The Kier molecular flexibility index (Phi) is 4.90. The quantitative estimate of drug-likeness (QED) is 0.485. The van der Waals surface area contributed by atoms with Gasteiger partial charge in [-0.1, -0.05) is 25.1 Å². The first kappa shape index (κ1) is 18.5. The molecular weight excluding hydrogens is 373 g/mol. The maximum atomic E-state index is 13.0. The van der Waals surface area contributed by atoms with Crippen molar-refractivity contribution in [1.29, 1.82) is 0 Å². The maximum Gasteiger partial charge on any atom is 0.326 e. The van der Waals surface area contributed by atoms with Crippen LogP contribution in [0.5, 0.6) is 0 Å². The topological polar surface area (TPSA) is 104 Å². The van der Waals surface area contributed by atoms with Crippen LogP contribution in [0.1, 0.15) is 18.4 Å². The Balaban J connectivity index is 1.49. The molecule has 0 saturated carbocycles. The number of nitrogens with one attached hydrogen (secondary N) is 3. The highest BCUT2D eigenvalue weighted by atomic mass is 19.1. The summed E-state index contributed by atoms with van der Waals surface area (Å²) in [5.41, 5.74) is 1.82. The number of hydrogen-bond donors (Lipinski definition) is 3. The van der Waals surface area contributed by atoms with Crippen molar-refractivity contribution in [3.8, 4) is 11.3 Å². The van der Waals surface area contributed by atoms with Crippen molar-refractivity contribution in [2.24, 2.45) is 0 Å². The Labute approximate surface area is 164 Å². The average molecular weight is 391 g/mol. The number of hydrogen-bond acceptors (Lipinski definition) is 5. The molecule has 2 heterocycles. The van der Waals surface area contributed by atoms with E-state index in [4.69, 9.17) is 0 Å². The average Bonchev–Trinajstić information content (AvgIpc) is 2.72. The van der Waals surface area contributed by atoms with Crippen molar-refractivity contribution in [3.63, 3.8) is 0 Å². The van der Waals surface area contributed by atoms with E-state index in [1.54, 1.807) is 42.5 Å². The van der Waals surface area contributed by atoms with Gasteiger partial charge in [0.2, 0.25) is 0 Å². The van der Waals surface area contributed by atoms with Crippen molar-refractivity contribution >= 4 is 16.7 Å². The highest BCUT2D eigenvalue weighted by molar-refractivity contribution is 5.82. The van der Waals surface area contributed by atoms with Gasteiger partial charge in [0, 0.05) is 12.1 Å². The summed E-state index contributed by atoms with van der Waals surface area (Å²) >= 11 is 0. The van der Waals surface area contributed by atoms with Crippen molar-refractivity contribution in [3.05, 3.63) is 86.8 Å². The predicted molar refractivity (Wildman–Crippen MR) is 110 cm³/mol. The molecule has 7 nitrogen and oxygen atoms in total. The number of nitrogens with zero attached hydrogens (tertiary/aromatic N) is 2. The molecule has 0 bridgehead atoms. The van der Waals surface area contributed by atoms with E-state index >= 15 is 0 Å². The molecular formula is C21H18FN5O2. The zero-order chi connectivity index (χ0) is 20.4. The second-order valence-corrected chi connectivity index (χ2v) is 6.81. The van der Waals surface area contributed by atoms with Crippen LogP contribution >= 0.6 is 0 Å². The number of fused-ring (bicyclic) bond motifs is 1. The number of anilines is 1. The molecule has 0 spiro atoms. The normalized spacial score (nSPS) is 12.1. The number of H-pyrrole nitrogens is 2. The standard InChI is InChI=1S/C21H18FN5O2/c1-12(13-2-5-15(22)6-3-13)11-23-19-9-8-17(26-27-19)14-4-7-18-16(10-14)20(28)25-21(29)24-18/h2-10,12H,11H2,1H3,(H,23,27)(H2,24,25,28,29). The summed E-state index contributed by atoms with van der Waals surface area (Å²) in [4.78, 5) is 28.1. The molecule has 0 aliphatic rings. The van der Waals surface area contributed by atoms with Crippen LogP contribution in [0, 0.1) is 5.82 Å². The molecule has 4 aromatic rings. The number of benzene rings is 2. The Morgan fingerprint density at radius 1 is 1.00 bits per heavy atom. The zero-order valence-corrected chi connectivity index (χ0v) is 15.6. The highest BCUT2D eigenvalue weighted by Gasteiger charge is 2.08. The molecule has 8 heteroatoms. The molecule has 0 aliphatic carbocycles. The van der Waals surface area contributed by atoms with Crippen LogP contribution in [-0.2, 0) is 0 Å². The molecule has 2 aromatic heterocycles. The number of aromatic nitrogens is 4. The third-order valence-corrected chi connectivity index (χ3v) is 4.73. The van der Waals surface area contributed by atoms with Gasteiger partial charge in [-0.2, -0.15) is 0 Å². The van der Waals surface area contributed by atoms with Crippen LogP contribution in [-0.4, -0.2) is 26.7 Å². The van der Waals surface area contributed by atoms with Gasteiger partial charge in [0.25, 0.3) is 5.56 Å². The minimum atomic E-state index is -0.541. The van der Waals surface area contributed by atoms with Crippen molar-refractivity contribution in [2.45, 2.75) is 12.8 Å². The van der Waals surface area contributed by atoms with E-state index in [0.29, 0.717) is 34.5 Å². The lowest BCUT2D eigenvalue weighted by molar-refractivity contribution is 0.626. The largest absolute Gasteiger partial charge is 0.368 e. The number of halogens is 1. The Hall–Kier alpha value is -3.81. The third-order valence-electron chi connectivity index (χ3n) is 4.73. The van der Waals surface area contributed by atoms with E-state index in [-0.39, 0.29) is 11.7 Å². The summed E-state index contributed by atoms with van der Waals surface area (Å²) in [5, 5.41) is 12.0. The van der Waals surface area contributed by atoms with Gasteiger partial charge in [-0.05, 0) is 47.9 Å². The maximum absolute atomic E-state index is 13.0. The molecule has 0 saturated heterocycles. The SMILES string of the molecule is CC(CNc1ccc(-c2ccc3[nH]c(=O)[nH]c(=O)c3c2)nn1)c1ccc(F)cc1. The molecule has 0 amide bonds. The first-order valence-electron chi connectivity index (χ1n) is 9.09. The van der Waals surface area contributed by atoms with Crippen LogP contribution in [0.25, 0.3) is 22.2 Å². The molecule has 3 N–H and O–H groups in total. The predicted octanol–water partition coefficient (Wildman–Crippen LogP) is 3.03. The van der Waals surface area contributed by atoms with E-state index in [0.717, 1.165) is 5.56 Å². The smallest absolute Gasteiger partial charge is 0.326 e. The second kappa shape index (κ2) is 7.67.